The average Bonchev–Trinajstić information content (AvgIpc) is 2.37. The molecular weight excluding hydrogens is 110 g/mol. The summed E-state index contributed by atoms with van der Waals surface area (Å²) in [7, 11) is 2.06. The van der Waals surface area contributed by atoms with Crippen LogP contribution in [-0.2, 0) is 0 Å². The van der Waals surface area contributed by atoms with Gasteiger partial charge in [-0.2, -0.15) is 0 Å². The summed E-state index contributed by atoms with van der Waals surface area (Å²) in [5, 5.41) is 3.31. The van der Waals surface area contributed by atoms with E-state index in [1.807, 2.05) is 0 Å². The van der Waals surface area contributed by atoms with Crippen LogP contribution in [0.2, 0.25) is 0 Å². The van der Waals surface area contributed by atoms with Gasteiger partial charge in [0.25, 0.3) is 0 Å². The van der Waals surface area contributed by atoms with Gasteiger partial charge in [-0.05, 0) is 32.7 Å². The lowest BCUT2D eigenvalue weighted by Crippen LogP contribution is -2.28. The molecule has 0 aromatic heterocycles. The van der Waals surface area contributed by atoms with Gasteiger partial charge in [0.15, 0.2) is 0 Å². The fourth-order valence-electron chi connectivity index (χ4n) is 1.69. The summed E-state index contributed by atoms with van der Waals surface area (Å²) in [5.41, 5.74) is 0. The van der Waals surface area contributed by atoms with Crippen molar-refractivity contribution in [2.75, 3.05) is 7.05 Å². The van der Waals surface area contributed by atoms with Crippen LogP contribution in [0.1, 0.15) is 32.6 Å². The topological polar surface area (TPSA) is 12.0 Å². The van der Waals surface area contributed by atoms with Crippen LogP contribution < -0.4 is 5.32 Å². The van der Waals surface area contributed by atoms with Gasteiger partial charge in [0.05, 0.1) is 0 Å². The minimum atomic E-state index is 0.743. The maximum atomic E-state index is 3.31. The lowest BCUT2D eigenvalue weighted by Gasteiger charge is -2.16. The summed E-state index contributed by atoms with van der Waals surface area (Å²) in [6.45, 7) is 2.29. The van der Waals surface area contributed by atoms with E-state index in [0.29, 0.717) is 0 Å². The first-order chi connectivity index (χ1) is 4.34. The van der Waals surface area contributed by atoms with Gasteiger partial charge in [-0.25, -0.2) is 0 Å². The second-order valence-corrected chi connectivity index (χ2v) is 3.12. The smallest absolute Gasteiger partial charge is 0.00639 e. The Morgan fingerprint density at radius 2 is 1.89 bits per heavy atom. The van der Waals surface area contributed by atoms with E-state index in [1.165, 1.54) is 25.7 Å². The van der Waals surface area contributed by atoms with Crippen LogP contribution in [0.25, 0.3) is 0 Å². The highest BCUT2D eigenvalue weighted by Crippen LogP contribution is 2.27. The molecule has 1 heteroatoms. The van der Waals surface area contributed by atoms with Gasteiger partial charge in [0, 0.05) is 6.04 Å². The molecule has 0 unspecified atom stereocenters. The predicted octanol–water partition coefficient (Wildman–Crippen LogP) is 1.78. The van der Waals surface area contributed by atoms with E-state index in [-0.39, 0.29) is 0 Å². The maximum absolute atomic E-state index is 3.31. The zero-order valence-electron chi connectivity index (χ0n) is 6.48. The molecular formula is C8H17N. The lowest BCUT2D eigenvalue weighted by atomic mass is 10.0. The van der Waals surface area contributed by atoms with Crippen LogP contribution in [-0.4, -0.2) is 13.1 Å². The van der Waals surface area contributed by atoms with Crippen molar-refractivity contribution in [3.63, 3.8) is 0 Å². The van der Waals surface area contributed by atoms with Gasteiger partial charge in [0.2, 0.25) is 0 Å². The third kappa shape index (κ3) is 1.68. The molecule has 0 aliphatic heterocycles. The van der Waals surface area contributed by atoms with E-state index in [0.717, 1.165) is 12.0 Å². The first kappa shape index (κ1) is 7.07. The van der Waals surface area contributed by atoms with Crippen LogP contribution in [0.15, 0.2) is 0 Å². The Morgan fingerprint density at radius 1 is 1.33 bits per heavy atom. The Hall–Kier alpha value is -0.0400. The van der Waals surface area contributed by atoms with Crippen LogP contribution >= 0.6 is 0 Å². The van der Waals surface area contributed by atoms with Crippen molar-refractivity contribution in [3.8, 4) is 0 Å². The Kier molecular flexibility index (Phi) is 2.52. The number of rotatable bonds is 2. The van der Waals surface area contributed by atoms with E-state index in [4.69, 9.17) is 0 Å². The zero-order valence-corrected chi connectivity index (χ0v) is 6.48. The predicted molar refractivity (Wildman–Crippen MR) is 40.5 cm³/mol. The fourth-order valence-corrected chi connectivity index (χ4v) is 1.69. The largest absolute Gasteiger partial charge is 0.317 e. The molecule has 0 saturated heterocycles. The summed E-state index contributed by atoms with van der Waals surface area (Å²) in [6, 6.07) is 0.743. The number of hydrogen-bond donors (Lipinski definition) is 1. The molecule has 9 heavy (non-hydrogen) atoms. The van der Waals surface area contributed by atoms with Crippen molar-refractivity contribution in [2.45, 2.75) is 38.6 Å². The van der Waals surface area contributed by atoms with Crippen LogP contribution in [0, 0.1) is 5.92 Å². The highest BCUT2D eigenvalue weighted by atomic mass is 14.9. The summed E-state index contributed by atoms with van der Waals surface area (Å²) in [6.07, 6.45) is 5.80. The molecule has 0 amide bonds. The minimum Gasteiger partial charge on any atom is -0.317 e. The Labute approximate surface area is 57.8 Å². The second kappa shape index (κ2) is 3.21. The molecule has 1 atom stereocenters. The third-order valence-electron chi connectivity index (χ3n) is 2.56. The highest BCUT2D eigenvalue weighted by molar-refractivity contribution is 4.75. The first-order valence-electron chi connectivity index (χ1n) is 4.02. The van der Waals surface area contributed by atoms with Gasteiger partial charge >= 0.3 is 0 Å². The van der Waals surface area contributed by atoms with Gasteiger partial charge in [-0.3, -0.25) is 0 Å². The highest BCUT2D eigenvalue weighted by Gasteiger charge is 2.19. The fraction of sp³-hybridized carbons (Fsp3) is 1.00. The monoisotopic (exact) mass is 127 g/mol. The van der Waals surface area contributed by atoms with Gasteiger partial charge in [-0.15, -0.1) is 0 Å². The molecule has 0 heterocycles. The molecule has 1 rings (SSSR count). The van der Waals surface area contributed by atoms with Crippen LogP contribution in [0.5, 0.6) is 0 Å². The molecule has 1 nitrogen and oxygen atoms in total. The van der Waals surface area contributed by atoms with Crippen LogP contribution in [0.4, 0.5) is 0 Å². The van der Waals surface area contributed by atoms with E-state index < -0.39 is 0 Å². The summed E-state index contributed by atoms with van der Waals surface area (Å²) < 4.78 is 0. The molecule has 1 aliphatic carbocycles. The summed E-state index contributed by atoms with van der Waals surface area (Å²) >= 11 is 0. The minimum absolute atomic E-state index is 0.743. The molecule has 0 radical (unpaired) electrons. The van der Waals surface area contributed by atoms with Crippen molar-refractivity contribution in [2.24, 2.45) is 5.92 Å². The van der Waals surface area contributed by atoms with Crippen molar-refractivity contribution < 1.29 is 0 Å². The molecule has 1 N–H and O–H groups in total. The number of hydrogen-bond acceptors (Lipinski definition) is 1. The zero-order chi connectivity index (χ0) is 6.69. The molecule has 1 aliphatic rings. The Bertz CT molecular complexity index is 74.6. The van der Waals surface area contributed by atoms with Gasteiger partial charge in [0.1, 0.15) is 0 Å². The quantitative estimate of drug-likeness (QED) is 0.596. The molecule has 0 spiro atoms. The SMILES string of the molecule is CN[C@H](C)C1CCCC1. The van der Waals surface area contributed by atoms with Crippen molar-refractivity contribution in [1.82, 2.24) is 5.32 Å². The van der Waals surface area contributed by atoms with E-state index in [2.05, 4.69) is 19.3 Å². The van der Waals surface area contributed by atoms with E-state index in [1.54, 1.807) is 0 Å². The van der Waals surface area contributed by atoms with Crippen LogP contribution in [0.3, 0.4) is 0 Å². The molecule has 1 fully saturated rings. The summed E-state index contributed by atoms with van der Waals surface area (Å²) in [4.78, 5) is 0. The maximum Gasteiger partial charge on any atom is 0.00639 e. The third-order valence-corrected chi connectivity index (χ3v) is 2.56. The molecule has 0 aromatic rings. The van der Waals surface area contributed by atoms with Crippen molar-refractivity contribution in [3.05, 3.63) is 0 Å². The molecule has 1 saturated carbocycles. The van der Waals surface area contributed by atoms with E-state index >= 15 is 0 Å². The second-order valence-electron chi connectivity index (χ2n) is 3.12. The first-order valence-corrected chi connectivity index (χ1v) is 4.02. The normalized spacial score (nSPS) is 24.7. The standard InChI is InChI=1S/C8H17N/c1-7(9-2)8-5-3-4-6-8/h7-9H,3-6H2,1-2H3/t7-/m1/s1. The van der Waals surface area contributed by atoms with Gasteiger partial charge < -0.3 is 5.32 Å². The average molecular weight is 127 g/mol. The summed E-state index contributed by atoms with van der Waals surface area (Å²) in [5.74, 6) is 0.968. The van der Waals surface area contributed by atoms with Crippen molar-refractivity contribution in [1.29, 1.82) is 0 Å². The van der Waals surface area contributed by atoms with E-state index in [9.17, 15) is 0 Å². The molecule has 54 valence electrons. The van der Waals surface area contributed by atoms with Crippen molar-refractivity contribution >= 4 is 0 Å². The van der Waals surface area contributed by atoms with Gasteiger partial charge in [-0.1, -0.05) is 12.8 Å². The Balaban J connectivity index is 2.24. The molecule has 0 bridgehead atoms. The number of nitrogens with one attached hydrogen (secondary N) is 1. The lowest BCUT2D eigenvalue weighted by molar-refractivity contribution is 0.405. The Morgan fingerprint density at radius 3 is 2.33 bits per heavy atom. The molecule has 0 aromatic carbocycles.